The van der Waals surface area contributed by atoms with Crippen molar-refractivity contribution in [3.05, 3.63) is 0 Å². The van der Waals surface area contributed by atoms with Gasteiger partial charge in [0.25, 0.3) is 0 Å². The highest BCUT2D eigenvalue weighted by molar-refractivity contribution is 5.75. The second kappa shape index (κ2) is 5.37. The second-order valence-corrected chi connectivity index (χ2v) is 5.02. The lowest BCUT2D eigenvalue weighted by Crippen LogP contribution is -2.57. The molecule has 2 rings (SSSR count). The van der Waals surface area contributed by atoms with Crippen molar-refractivity contribution in [1.29, 1.82) is 5.26 Å². The molecule has 94 valence electrons. The van der Waals surface area contributed by atoms with Crippen molar-refractivity contribution in [3.63, 3.8) is 0 Å². The highest BCUT2D eigenvalue weighted by Crippen LogP contribution is 2.18. The normalized spacial score (nSPS) is 29.9. The van der Waals surface area contributed by atoms with Crippen LogP contribution < -0.4 is 5.32 Å². The summed E-state index contributed by atoms with van der Waals surface area (Å²) in [7, 11) is 0. The predicted octanol–water partition coefficient (Wildman–Crippen LogP) is 0.636. The molecule has 2 fully saturated rings. The third-order valence-corrected chi connectivity index (χ3v) is 3.57. The summed E-state index contributed by atoms with van der Waals surface area (Å²) in [6.07, 6.45) is 2.28. The van der Waals surface area contributed by atoms with Gasteiger partial charge in [0.1, 0.15) is 6.04 Å². The Bertz CT molecular complexity index is 325. The molecule has 0 radical (unpaired) electrons. The summed E-state index contributed by atoms with van der Waals surface area (Å²) in [6, 6.07) is 1.94. The van der Waals surface area contributed by atoms with Crippen LogP contribution in [0.2, 0.25) is 0 Å². The van der Waals surface area contributed by atoms with Crippen molar-refractivity contribution in [2.75, 3.05) is 32.7 Å². The number of nitrogens with one attached hydrogen (secondary N) is 1. The number of carbonyl (C=O) groups excluding carboxylic acids is 1. The Labute approximate surface area is 102 Å². The highest BCUT2D eigenvalue weighted by Gasteiger charge is 2.31. The monoisotopic (exact) mass is 236 g/mol. The van der Waals surface area contributed by atoms with Crippen LogP contribution in [0, 0.1) is 17.2 Å². The molecule has 1 N–H and O–H groups in total. The van der Waals surface area contributed by atoms with Gasteiger partial charge in [0, 0.05) is 32.7 Å². The zero-order valence-electron chi connectivity index (χ0n) is 10.4. The Morgan fingerprint density at radius 2 is 2.29 bits per heavy atom. The highest BCUT2D eigenvalue weighted by atomic mass is 16.2. The van der Waals surface area contributed by atoms with E-state index in [1.54, 1.807) is 4.90 Å². The van der Waals surface area contributed by atoms with E-state index in [1.165, 1.54) is 6.42 Å². The van der Waals surface area contributed by atoms with E-state index >= 15 is 0 Å². The first-order chi connectivity index (χ1) is 8.22. The number of hydrogen-bond acceptors (Lipinski definition) is 3. The largest absolute Gasteiger partial charge is 0.324 e. The summed E-state index contributed by atoms with van der Waals surface area (Å²) in [5, 5.41) is 12.2. The first-order valence-corrected chi connectivity index (χ1v) is 6.38. The summed E-state index contributed by atoms with van der Waals surface area (Å²) < 4.78 is 0. The van der Waals surface area contributed by atoms with Crippen molar-refractivity contribution in [3.8, 4) is 6.07 Å². The summed E-state index contributed by atoms with van der Waals surface area (Å²) in [5.74, 6) is 0.580. The van der Waals surface area contributed by atoms with E-state index in [1.807, 2.05) is 4.90 Å². The van der Waals surface area contributed by atoms with Crippen molar-refractivity contribution in [2.45, 2.75) is 25.8 Å². The Balaban J connectivity index is 2.00. The van der Waals surface area contributed by atoms with Crippen LogP contribution in [0.15, 0.2) is 0 Å². The number of piperazine rings is 1. The molecule has 2 atom stereocenters. The van der Waals surface area contributed by atoms with Crippen molar-refractivity contribution >= 4 is 6.03 Å². The quantitative estimate of drug-likeness (QED) is 0.671. The van der Waals surface area contributed by atoms with Crippen molar-refractivity contribution in [1.82, 2.24) is 15.1 Å². The molecule has 5 nitrogen and oxygen atoms in total. The van der Waals surface area contributed by atoms with Gasteiger partial charge in [-0.15, -0.1) is 0 Å². The number of nitrogens with zero attached hydrogens (tertiary/aromatic N) is 3. The Kier molecular flexibility index (Phi) is 3.85. The summed E-state index contributed by atoms with van der Waals surface area (Å²) >= 11 is 0. The van der Waals surface area contributed by atoms with Crippen molar-refractivity contribution in [2.24, 2.45) is 5.92 Å². The molecule has 0 aromatic rings. The fourth-order valence-electron chi connectivity index (χ4n) is 2.59. The molecule has 0 aromatic heterocycles. The van der Waals surface area contributed by atoms with Gasteiger partial charge < -0.3 is 15.1 Å². The van der Waals surface area contributed by atoms with Gasteiger partial charge in [-0.3, -0.25) is 0 Å². The number of hydrogen-bond donors (Lipinski definition) is 1. The SMILES string of the molecule is CC1CCCN(C(=O)N2CCNCC2C#N)C1. The molecule has 0 aromatic carbocycles. The van der Waals surface area contributed by atoms with Crippen LogP contribution in [0.3, 0.4) is 0 Å². The fourth-order valence-corrected chi connectivity index (χ4v) is 2.59. The molecule has 2 heterocycles. The van der Waals surface area contributed by atoms with Crippen molar-refractivity contribution < 1.29 is 4.79 Å². The minimum absolute atomic E-state index is 0.0459. The topological polar surface area (TPSA) is 59.4 Å². The molecule has 2 amide bonds. The molecule has 2 saturated heterocycles. The summed E-state index contributed by atoms with van der Waals surface area (Å²) in [6.45, 7) is 5.87. The molecule has 0 saturated carbocycles. The van der Waals surface area contributed by atoms with E-state index < -0.39 is 0 Å². The van der Waals surface area contributed by atoms with Gasteiger partial charge >= 0.3 is 6.03 Å². The molecule has 2 unspecified atom stereocenters. The van der Waals surface area contributed by atoms with Crippen LogP contribution in [0.4, 0.5) is 4.79 Å². The zero-order chi connectivity index (χ0) is 12.3. The molecule has 5 heteroatoms. The Morgan fingerprint density at radius 1 is 1.47 bits per heavy atom. The number of urea groups is 1. The van der Waals surface area contributed by atoms with E-state index in [4.69, 9.17) is 5.26 Å². The average molecular weight is 236 g/mol. The van der Waals surface area contributed by atoms with E-state index in [-0.39, 0.29) is 12.1 Å². The third-order valence-electron chi connectivity index (χ3n) is 3.57. The first-order valence-electron chi connectivity index (χ1n) is 6.38. The summed E-state index contributed by atoms with van der Waals surface area (Å²) in [4.78, 5) is 16.0. The van der Waals surface area contributed by atoms with Crippen LogP contribution >= 0.6 is 0 Å². The molecule has 17 heavy (non-hydrogen) atoms. The number of carbonyl (C=O) groups is 1. The molecular formula is C12H20N4O. The Hall–Kier alpha value is -1.28. The van der Waals surface area contributed by atoms with E-state index in [0.29, 0.717) is 19.0 Å². The average Bonchev–Trinajstić information content (AvgIpc) is 2.38. The van der Waals surface area contributed by atoms with E-state index in [0.717, 1.165) is 26.1 Å². The Morgan fingerprint density at radius 3 is 3.00 bits per heavy atom. The molecule has 2 aliphatic heterocycles. The molecule has 0 bridgehead atoms. The van der Waals surface area contributed by atoms with Gasteiger partial charge in [-0.25, -0.2) is 4.79 Å². The standard InChI is InChI=1S/C12H20N4O/c1-10-3-2-5-15(9-10)12(17)16-6-4-14-8-11(16)7-13/h10-11,14H,2-6,8-9H2,1H3. The maximum absolute atomic E-state index is 12.3. The first kappa shape index (κ1) is 12.2. The number of piperidine rings is 1. The molecule has 0 spiro atoms. The van der Waals surface area contributed by atoms with Gasteiger partial charge in [0.05, 0.1) is 6.07 Å². The van der Waals surface area contributed by atoms with Crippen LogP contribution in [0.5, 0.6) is 0 Å². The lowest BCUT2D eigenvalue weighted by atomic mass is 10.0. The van der Waals surface area contributed by atoms with Crippen LogP contribution in [-0.4, -0.2) is 54.6 Å². The van der Waals surface area contributed by atoms with E-state index in [9.17, 15) is 4.79 Å². The maximum atomic E-state index is 12.3. The lowest BCUT2D eigenvalue weighted by Gasteiger charge is -2.39. The minimum atomic E-state index is -0.312. The van der Waals surface area contributed by atoms with Gasteiger partial charge in [-0.1, -0.05) is 6.92 Å². The third kappa shape index (κ3) is 2.70. The van der Waals surface area contributed by atoms with E-state index in [2.05, 4.69) is 18.3 Å². The lowest BCUT2D eigenvalue weighted by molar-refractivity contribution is 0.116. The number of nitriles is 1. The molecule has 0 aliphatic carbocycles. The predicted molar refractivity (Wildman–Crippen MR) is 64.3 cm³/mol. The van der Waals surface area contributed by atoms with Gasteiger partial charge in [-0.05, 0) is 18.8 Å². The van der Waals surface area contributed by atoms with Crippen LogP contribution in [0.1, 0.15) is 19.8 Å². The van der Waals surface area contributed by atoms with Gasteiger partial charge in [0.15, 0.2) is 0 Å². The zero-order valence-corrected chi connectivity index (χ0v) is 10.4. The second-order valence-electron chi connectivity index (χ2n) is 5.02. The maximum Gasteiger partial charge on any atom is 0.321 e. The van der Waals surface area contributed by atoms with Gasteiger partial charge in [0.2, 0.25) is 0 Å². The minimum Gasteiger partial charge on any atom is -0.324 e. The molecule has 2 aliphatic rings. The fraction of sp³-hybridized carbons (Fsp3) is 0.833. The van der Waals surface area contributed by atoms with Crippen LogP contribution in [-0.2, 0) is 0 Å². The van der Waals surface area contributed by atoms with Crippen LogP contribution in [0.25, 0.3) is 0 Å². The smallest absolute Gasteiger partial charge is 0.321 e. The molecular weight excluding hydrogens is 216 g/mol. The van der Waals surface area contributed by atoms with Gasteiger partial charge in [-0.2, -0.15) is 5.26 Å². The number of likely N-dealkylation sites (tertiary alicyclic amines) is 1. The number of amides is 2. The number of rotatable bonds is 0. The summed E-state index contributed by atoms with van der Waals surface area (Å²) in [5.41, 5.74) is 0.